The highest BCUT2D eigenvalue weighted by atomic mass is 16.5. The normalized spacial score (nSPS) is 19.0. The number of ether oxygens (including phenoxy) is 1. The smallest absolute Gasteiger partial charge is 0.316 e. The van der Waals surface area contributed by atoms with Crippen molar-refractivity contribution in [1.82, 2.24) is 15.3 Å². The van der Waals surface area contributed by atoms with Gasteiger partial charge in [0.1, 0.15) is 6.10 Å². The van der Waals surface area contributed by atoms with Crippen molar-refractivity contribution in [2.45, 2.75) is 79.0 Å². The molecule has 1 heterocycles. The van der Waals surface area contributed by atoms with Crippen molar-refractivity contribution in [2.24, 2.45) is 5.41 Å². The Labute approximate surface area is 128 Å². The molecule has 1 N–H and O–H groups in total. The first-order valence-electron chi connectivity index (χ1n) is 8.08. The average Bonchev–Trinajstić information content (AvgIpc) is 2.40. The van der Waals surface area contributed by atoms with Crippen LogP contribution < -0.4 is 10.1 Å². The van der Waals surface area contributed by atoms with Gasteiger partial charge in [-0.25, -0.2) is 9.97 Å². The molecule has 0 spiro atoms. The molecule has 1 aromatic rings. The lowest BCUT2D eigenvalue weighted by Crippen LogP contribution is -2.29. The van der Waals surface area contributed by atoms with E-state index < -0.39 is 0 Å². The Bertz CT molecular complexity index is 461. The fourth-order valence-corrected chi connectivity index (χ4v) is 2.65. The second kappa shape index (κ2) is 6.73. The topological polar surface area (TPSA) is 47.0 Å². The van der Waals surface area contributed by atoms with Crippen molar-refractivity contribution in [3.05, 3.63) is 17.5 Å². The van der Waals surface area contributed by atoms with E-state index in [1.165, 1.54) is 12.8 Å². The SMILES string of the molecule is Cc1nc(OC2CCC(C)(C)CC2)ncc1CNC(C)C. The molecule has 0 atom stereocenters. The fourth-order valence-electron chi connectivity index (χ4n) is 2.65. The largest absolute Gasteiger partial charge is 0.460 e. The van der Waals surface area contributed by atoms with Gasteiger partial charge in [0.15, 0.2) is 0 Å². The van der Waals surface area contributed by atoms with Gasteiger partial charge in [0.2, 0.25) is 0 Å². The van der Waals surface area contributed by atoms with Gasteiger partial charge in [-0.15, -0.1) is 0 Å². The van der Waals surface area contributed by atoms with Gasteiger partial charge in [-0.1, -0.05) is 27.7 Å². The van der Waals surface area contributed by atoms with Crippen molar-refractivity contribution in [2.75, 3.05) is 0 Å². The van der Waals surface area contributed by atoms with Crippen molar-refractivity contribution in [3.8, 4) is 6.01 Å². The van der Waals surface area contributed by atoms with Gasteiger partial charge in [0.25, 0.3) is 0 Å². The number of rotatable bonds is 5. The highest BCUT2D eigenvalue weighted by molar-refractivity contribution is 5.17. The van der Waals surface area contributed by atoms with E-state index in [0.29, 0.717) is 17.5 Å². The van der Waals surface area contributed by atoms with Crippen LogP contribution in [0.15, 0.2) is 6.20 Å². The molecule has 1 aromatic heterocycles. The zero-order valence-corrected chi connectivity index (χ0v) is 14.1. The van der Waals surface area contributed by atoms with Crippen LogP contribution >= 0.6 is 0 Å². The minimum atomic E-state index is 0.275. The van der Waals surface area contributed by atoms with Gasteiger partial charge in [-0.2, -0.15) is 0 Å². The predicted molar refractivity (Wildman–Crippen MR) is 85.4 cm³/mol. The summed E-state index contributed by atoms with van der Waals surface area (Å²) in [6.45, 7) is 11.8. The first kappa shape index (κ1) is 16.2. The van der Waals surface area contributed by atoms with Crippen LogP contribution in [0.25, 0.3) is 0 Å². The molecule has 0 aliphatic heterocycles. The molecular formula is C17H29N3O. The summed E-state index contributed by atoms with van der Waals surface area (Å²) in [5, 5.41) is 3.39. The molecule has 118 valence electrons. The monoisotopic (exact) mass is 291 g/mol. The molecule has 1 fully saturated rings. The zero-order chi connectivity index (χ0) is 15.5. The van der Waals surface area contributed by atoms with E-state index in [2.05, 4.69) is 43.0 Å². The Morgan fingerprint density at radius 3 is 2.57 bits per heavy atom. The van der Waals surface area contributed by atoms with E-state index in [1.54, 1.807) is 0 Å². The predicted octanol–water partition coefficient (Wildman–Crippen LogP) is 3.63. The maximum absolute atomic E-state index is 5.97. The van der Waals surface area contributed by atoms with E-state index in [9.17, 15) is 0 Å². The number of nitrogens with zero attached hydrogens (tertiary/aromatic N) is 2. The summed E-state index contributed by atoms with van der Waals surface area (Å²) in [5.41, 5.74) is 2.60. The van der Waals surface area contributed by atoms with E-state index >= 15 is 0 Å². The lowest BCUT2D eigenvalue weighted by Gasteiger charge is -2.33. The second-order valence-corrected chi connectivity index (χ2v) is 7.28. The highest BCUT2D eigenvalue weighted by Crippen LogP contribution is 2.36. The minimum absolute atomic E-state index is 0.275. The third-order valence-corrected chi connectivity index (χ3v) is 4.32. The highest BCUT2D eigenvalue weighted by Gasteiger charge is 2.28. The molecule has 0 amide bonds. The van der Waals surface area contributed by atoms with Gasteiger partial charge >= 0.3 is 6.01 Å². The van der Waals surface area contributed by atoms with Crippen molar-refractivity contribution in [1.29, 1.82) is 0 Å². The number of nitrogens with one attached hydrogen (secondary N) is 1. The average molecular weight is 291 g/mol. The fraction of sp³-hybridized carbons (Fsp3) is 0.765. The number of hydrogen-bond acceptors (Lipinski definition) is 4. The maximum Gasteiger partial charge on any atom is 0.316 e. The molecular weight excluding hydrogens is 262 g/mol. The summed E-state index contributed by atoms with van der Waals surface area (Å²) in [6, 6.07) is 0.997. The quantitative estimate of drug-likeness (QED) is 0.900. The van der Waals surface area contributed by atoms with E-state index in [1.807, 2.05) is 13.1 Å². The van der Waals surface area contributed by atoms with Crippen LogP contribution in [0, 0.1) is 12.3 Å². The number of aromatic nitrogens is 2. The summed E-state index contributed by atoms with van der Waals surface area (Å²) in [7, 11) is 0. The standard InChI is InChI=1S/C17H29N3O/c1-12(2)18-10-14-11-19-16(20-13(14)3)21-15-6-8-17(4,5)9-7-15/h11-12,15,18H,6-10H2,1-5H3. The van der Waals surface area contributed by atoms with Crippen LogP contribution in [0.4, 0.5) is 0 Å². The first-order chi connectivity index (χ1) is 9.85. The summed E-state index contributed by atoms with van der Waals surface area (Å²) in [6.07, 6.45) is 6.80. The Morgan fingerprint density at radius 2 is 2.00 bits per heavy atom. The summed E-state index contributed by atoms with van der Waals surface area (Å²) < 4.78 is 5.97. The van der Waals surface area contributed by atoms with Crippen LogP contribution in [0.2, 0.25) is 0 Å². The number of aryl methyl sites for hydroxylation is 1. The molecule has 0 unspecified atom stereocenters. The van der Waals surface area contributed by atoms with E-state index in [-0.39, 0.29) is 6.10 Å². The summed E-state index contributed by atoms with van der Waals surface area (Å²) in [4.78, 5) is 8.88. The van der Waals surface area contributed by atoms with Crippen LogP contribution in [-0.4, -0.2) is 22.1 Å². The molecule has 4 heteroatoms. The molecule has 0 bridgehead atoms. The molecule has 1 saturated carbocycles. The van der Waals surface area contributed by atoms with Gasteiger partial charge in [0.05, 0.1) is 0 Å². The molecule has 0 aromatic carbocycles. The van der Waals surface area contributed by atoms with E-state index in [4.69, 9.17) is 4.74 Å². The molecule has 1 aliphatic carbocycles. The maximum atomic E-state index is 5.97. The summed E-state index contributed by atoms with van der Waals surface area (Å²) in [5.74, 6) is 0. The van der Waals surface area contributed by atoms with Crippen molar-refractivity contribution in [3.63, 3.8) is 0 Å². The van der Waals surface area contributed by atoms with Crippen molar-refractivity contribution < 1.29 is 4.74 Å². The lowest BCUT2D eigenvalue weighted by molar-refractivity contribution is 0.0904. The Hall–Kier alpha value is -1.16. The molecule has 0 saturated heterocycles. The summed E-state index contributed by atoms with van der Waals surface area (Å²) >= 11 is 0. The van der Waals surface area contributed by atoms with Crippen LogP contribution in [0.5, 0.6) is 6.01 Å². The minimum Gasteiger partial charge on any atom is -0.460 e. The van der Waals surface area contributed by atoms with Gasteiger partial charge in [0, 0.05) is 30.0 Å². The lowest BCUT2D eigenvalue weighted by atomic mass is 9.76. The first-order valence-corrected chi connectivity index (χ1v) is 8.08. The second-order valence-electron chi connectivity index (χ2n) is 7.28. The van der Waals surface area contributed by atoms with Crippen LogP contribution in [0.3, 0.4) is 0 Å². The Morgan fingerprint density at radius 1 is 1.33 bits per heavy atom. The molecule has 4 nitrogen and oxygen atoms in total. The zero-order valence-electron chi connectivity index (χ0n) is 14.1. The third kappa shape index (κ3) is 4.95. The number of hydrogen-bond donors (Lipinski definition) is 1. The molecule has 2 rings (SSSR count). The van der Waals surface area contributed by atoms with Crippen molar-refractivity contribution >= 4 is 0 Å². The molecule has 1 aliphatic rings. The van der Waals surface area contributed by atoms with Gasteiger partial charge in [-0.05, 0) is 38.0 Å². The molecule has 21 heavy (non-hydrogen) atoms. The Balaban J connectivity index is 1.91. The third-order valence-electron chi connectivity index (χ3n) is 4.32. The van der Waals surface area contributed by atoms with Crippen LogP contribution in [0.1, 0.15) is 64.6 Å². The van der Waals surface area contributed by atoms with Gasteiger partial charge in [-0.3, -0.25) is 0 Å². The Kier molecular flexibility index (Phi) is 5.20. The van der Waals surface area contributed by atoms with E-state index in [0.717, 1.165) is 30.6 Å². The molecule has 0 radical (unpaired) electrons. The van der Waals surface area contributed by atoms with Gasteiger partial charge < -0.3 is 10.1 Å². The van der Waals surface area contributed by atoms with Crippen LogP contribution in [-0.2, 0) is 6.54 Å².